The molecule has 2 rings (SSSR count). The maximum Gasteiger partial charge on any atom is 0.410 e. The van der Waals surface area contributed by atoms with Crippen molar-refractivity contribution in [2.75, 3.05) is 19.6 Å². The number of ether oxygens (including phenoxy) is 1. The summed E-state index contributed by atoms with van der Waals surface area (Å²) in [6.07, 6.45) is 1.25. The number of hydrogen-bond acceptors (Lipinski definition) is 5. The fourth-order valence-electron chi connectivity index (χ4n) is 2.04. The van der Waals surface area contributed by atoms with Gasteiger partial charge in [-0.3, -0.25) is 0 Å². The van der Waals surface area contributed by atoms with Crippen LogP contribution in [0.2, 0.25) is 0 Å². The van der Waals surface area contributed by atoms with Crippen molar-refractivity contribution in [3.05, 3.63) is 18.0 Å². The van der Waals surface area contributed by atoms with Gasteiger partial charge in [-0.05, 0) is 27.7 Å². The van der Waals surface area contributed by atoms with Crippen LogP contribution in [0.15, 0.2) is 21.8 Å². The van der Waals surface area contributed by atoms with E-state index in [0.717, 1.165) is 12.2 Å². The summed E-state index contributed by atoms with van der Waals surface area (Å²) in [5.74, 6) is 0.698. The number of likely N-dealkylation sites (tertiary alicyclic amines) is 1. The van der Waals surface area contributed by atoms with E-state index in [1.165, 1.54) is 6.26 Å². The summed E-state index contributed by atoms with van der Waals surface area (Å²) in [6.45, 7) is 9.98. The topological polar surface area (TPSA) is 92.0 Å². The molecule has 0 radical (unpaired) electrons. The Morgan fingerprint density at radius 2 is 2.26 bits per heavy atom. The van der Waals surface area contributed by atoms with Gasteiger partial charge >= 0.3 is 6.09 Å². The molecule has 1 amide bonds. The van der Waals surface area contributed by atoms with Crippen molar-refractivity contribution >= 4 is 12.1 Å². The second-order valence-electron chi connectivity index (χ2n) is 6.41. The molecule has 2 N–H and O–H groups in total. The molecule has 128 valence electrons. The summed E-state index contributed by atoms with van der Waals surface area (Å²) in [6, 6.07) is 1.94. The van der Waals surface area contributed by atoms with Gasteiger partial charge in [0.05, 0.1) is 12.6 Å². The lowest BCUT2D eigenvalue weighted by Gasteiger charge is -2.40. The van der Waals surface area contributed by atoms with E-state index in [0.29, 0.717) is 25.6 Å². The standard InChI is InChI=1S/C15H25N5O3/c1-5-16-13(17-8-11-6-7-22-19-11)18-12-9-20(10-12)14(21)23-15(2,3)4/h6-7,12H,5,8-10H2,1-4H3,(H2,16,17,18). The van der Waals surface area contributed by atoms with Crippen molar-refractivity contribution in [2.45, 2.75) is 45.9 Å². The molecule has 1 fully saturated rings. The summed E-state index contributed by atoms with van der Waals surface area (Å²) >= 11 is 0. The third kappa shape index (κ3) is 5.46. The molecule has 0 unspecified atom stereocenters. The van der Waals surface area contributed by atoms with Crippen LogP contribution in [0.25, 0.3) is 0 Å². The molecule has 23 heavy (non-hydrogen) atoms. The average molecular weight is 323 g/mol. The number of hydrogen-bond donors (Lipinski definition) is 2. The lowest BCUT2D eigenvalue weighted by molar-refractivity contribution is 0.00701. The van der Waals surface area contributed by atoms with Gasteiger partial charge in [-0.25, -0.2) is 9.79 Å². The van der Waals surface area contributed by atoms with Crippen LogP contribution in [-0.4, -0.2) is 53.4 Å². The number of rotatable bonds is 4. The second-order valence-corrected chi connectivity index (χ2v) is 6.41. The second kappa shape index (κ2) is 7.34. The molecular formula is C15H25N5O3. The highest BCUT2D eigenvalue weighted by Crippen LogP contribution is 2.15. The Morgan fingerprint density at radius 3 is 2.83 bits per heavy atom. The van der Waals surface area contributed by atoms with Crippen LogP contribution in [0.3, 0.4) is 0 Å². The third-order valence-corrected chi connectivity index (χ3v) is 3.11. The van der Waals surface area contributed by atoms with Gasteiger partial charge in [-0.2, -0.15) is 0 Å². The molecule has 0 aromatic carbocycles. The molecule has 0 atom stereocenters. The predicted molar refractivity (Wildman–Crippen MR) is 86.0 cm³/mol. The lowest BCUT2D eigenvalue weighted by Crippen LogP contribution is -2.63. The maximum absolute atomic E-state index is 11.9. The number of nitrogens with zero attached hydrogens (tertiary/aromatic N) is 3. The summed E-state index contributed by atoms with van der Waals surface area (Å²) in [4.78, 5) is 18.0. The molecule has 0 saturated carbocycles. The summed E-state index contributed by atoms with van der Waals surface area (Å²) in [7, 11) is 0. The van der Waals surface area contributed by atoms with Gasteiger partial charge in [-0.1, -0.05) is 5.16 Å². The zero-order valence-corrected chi connectivity index (χ0v) is 14.1. The van der Waals surface area contributed by atoms with Crippen LogP contribution in [0.4, 0.5) is 4.79 Å². The van der Waals surface area contributed by atoms with Gasteiger partial charge in [0.25, 0.3) is 0 Å². The Labute approximate surface area is 136 Å². The Balaban J connectivity index is 1.79. The summed E-state index contributed by atoms with van der Waals surface area (Å²) in [5.41, 5.74) is 0.301. The Bertz CT molecular complexity index is 530. The smallest absolute Gasteiger partial charge is 0.410 e. The number of guanidine groups is 1. The van der Waals surface area contributed by atoms with Crippen LogP contribution in [0, 0.1) is 0 Å². The van der Waals surface area contributed by atoms with Crippen molar-refractivity contribution < 1.29 is 14.1 Å². The first kappa shape index (κ1) is 17.1. The molecule has 0 spiro atoms. The van der Waals surface area contributed by atoms with Crippen LogP contribution in [0.5, 0.6) is 0 Å². The van der Waals surface area contributed by atoms with E-state index >= 15 is 0 Å². The Hall–Kier alpha value is -2.25. The largest absolute Gasteiger partial charge is 0.444 e. The molecule has 0 aliphatic carbocycles. The minimum Gasteiger partial charge on any atom is -0.444 e. The highest BCUT2D eigenvalue weighted by molar-refractivity contribution is 5.80. The van der Waals surface area contributed by atoms with E-state index in [4.69, 9.17) is 9.26 Å². The van der Waals surface area contributed by atoms with E-state index in [1.807, 2.05) is 27.7 Å². The Morgan fingerprint density at radius 1 is 1.52 bits per heavy atom. The van der Waals surface area contributed by atoms with E-state index in [1.54, 1.807) is 11.0 Å². The number of amides is 1. The van der Waals surface area contributed by atoms with Crippen molar-refractivity contribution in [3.8, 4) is 0 Å². The highest BCUT2D eigenvalue weighted by atomic mass is 16.6. The van der Waals surface area contributed by atoms with Crippen LogP contribution in [-0.2, 0) is 11.3 Å². The van der Waals surface area contributed by atoms with Gasteiger partial charge in [0, 0.05) is 25.7 Å². The Kier molecular flexibility index (Phi) is 5.46. The molecule has 2 heterocycles. The van der Waals surface area contributed by atoms with Gasteiger partial charge in [0.2, 0.25) is 0 Å². The van der Waals surface area contributed by atoms with Crippen LogP contribution >= 0.6 is 0 Å². The number of nitrogens with one attached hydrogen (secondary N) is 2. The predicted octanol–water partition coefficient (Wildman–Crippen LogP) is 1.35. The van der Waals surface area contributed by atoms with E-state index in [-0.39, 0.29) is 12.1 Å². The molecule has 1 saturated heterocycles. The van der Waals surface area contributed by atoms with Gasteiger partial charge in [0.1, 0.15) is 17.6 Å². The SMILES string of the molecule is CCNC(=NCc1ccon1)NC1CN(C(=O)OC(C)(C)C)C1. The lowest BCUT2D eigenvalue weighted by atomic mass is 10.1. The van der Waals surface area contributed by atoms with Crippen LogP contribution in [0.1, 0.15) is 33.4 Å². The summed E-state index contributed by atoms with van der Waals surface area (Å²) < 4.78 is 10.1. The fraction of sp³-hybridized carbons (Fsp3) is 0.667. The molecule has 8 heteroatoms. The zero-order chi connectivity index (χ0) is 16.9. The van der Waals surface area contributed by atoms with Crippen LogP contribution < -0.4 is 10.6 Å². The van der Waals surface area contributed by atoms with Gasteiger partial charge in [-0.15, -0.1) is 0 Å². The molecule has 1 aromatic rings. The first-order valence-electron chi connectivity index (χ1n) is 7.79. The van der Waals surface area contributed by atoms with Gasteiger partial charge in [0.15, 0.2) is 5.96 Å². The monoisotopic (exact) mass is 323 g/mol. The van der Waals surface area contributed by atoms with Crippen molar-refractivity contribution in [2.24, 2.45) is 4.99 Å². The maximum atomic E-state index is 11.9. The van der Waals surface area contributed by atoms with Crippen molar-refractivity contribution in [3.63, 3.8) is 0 Å². The van der Waals surface area contributed by atoms with Crippen molar-refractivity contribution in [1.29, 1.82) is 0 Å². The number of aliphatic imine (C=N–C) groups is 1. The molecule has 0 bridgehead atoms. The number of aromatic nitrogens is 1. The first-order valence-corrected chi connectivity index (χ1v) is 7.79. The molecule has 1 aliphatic heterocycles. The average Bonchev–Trinajstić information content (AvgIpc) is 2.90. The number of carbonyl (C=O) groups excluding carboxylic acids is 1. The molecule has 1 aliphatic rings. The van der Waals surface area contributed by atoms with E-state index in [9.17, 15) is 4.79 Å². The highest BCUT2D eigenvalue weighted by Gasteiger charge is 2.34. The fourth-order valence-corrected chi connectivity index (χ4v) is 2.04. The molecular weight excluding hydrogens is 298 g/mol. The third-order valence-electron chi connectivity index (χ3n) is 3.11. The number of carbonyl (C=O) groups is 1. The van der Waals surface area contributed by atoms with E-state index in [2.05, 4.69) is 20.8 Å². The quantitative estimate of drug-likeness (QED) is 0.642. The first-order chi connectivity index (χ1) is 10.9. The summed E-state index contributed by atoms with van der Waals surface area (Å²) in [5, 5.41) is 10.3. The minimum atomic E-state index is -0.469. The zero-order valence-electron chi connectivity index (χ0n) is 14.1. The van der Waals surface area contributed by atoms with Crippen molar-refractivity contribution in [1.82, 2.24) is 20.7 Å². The van der Waals surface area contributed by atoms with E-state index < -0.39 is 5.60 Å². The molecule has 1 aromatic heterocycles. The molecule has 8 nitrogen and oxygen atoms in total. The normalized spacial score (nSPS) is 16.0. The minimum absolute atomic E-state index is 0.164. The van der Waals surface area contributed by atoms with Gasteiger partial charge < -0.3 is 24.8 Å².